The molecule has 6 heteroatoms. The van der Waals surface area contributed by atoms with Crippen LogP contribution in [0.25, 0.3) is 0 Å². The molecule has 0 radical (unpaired) electrons. The molecule has 72 valence electrons. The number of rotatable bonds is 2. The zero-order valence-corrected chi connectivity index (χ0v) is 8.12. The van der Waals surface area contributed by atoms with Crippen molar-refractivity contribution in [2.24, 2.45) is 0 Å². The molecule has 0 fully saturated rings. The molecule has 0 N–H and O–H groups in total. The van der Waals surface area contributed by atoms with E-state index in [0.29, 0.717) is 4.90 Å². The molecule has 14 heavy (non-hydrogen) atoms. The Morgan fingerprint density at radius 3 is 2.71 bits per heavy atom. The minimum absolute atomic E-state index is 0.106. The van der Waals surface area contributed by atoms with Gasteiger partial charge in [0, 0.05) is 11.0 Å². The lowest BCUT2D eigenvalue weighted by molar-refractivity contribution is -0.385. The van der Waals surface area contributed by atoms with Gasteiger partial charge in [0.2, 0.25) is 0 Å². The molecule has 0 aliphatic heterocycles. The molecule has 0 aliphatic rings. The maximum Gasteiger partial charge on any atom is 0.290 e. The van der Waals surface area contributed by atoms with Gasteiger partial charge in [0.25, 0.3) is 5.69 Å². The summed E-state index contributed by atoms with van der Waals surface area (Å²) in [6.45, 7) is 0. The van der Waals surface area contributed by atoms with Crippen LogP contribution in [0, 0.1) is 21.4 Å². The summed E-state index contributed by atoms with van der Waals surface area (Å²) in [5, 5.41) is 19.3. The van der Waals surface area contributed by atoms with E-state index in [1.165, 1.54) is 19.2 Å². The average molecular weight is 210 g/mol. The number of nitrogens with zero attached hydrogens (tertiary/aromatic N) is 2. The number of nitro groups is 1. The van der Waals surface area contributed by atoms with Crippen LogP contribution in [0.2, 0.25) is 0 Å². The van der Waals surface area contributed by atoms with E-state index in [1.807, 2.05) is 0 Å². The van der Waals surface area contributed by atoms with Crippen molar-refractivity contribution in [3.63, 3.8) is 0 Å². The van der Waals surface area contributed by atoms with E-state index < -0.39 is 4.92 Å². The average Bonchev–Trinajstić information content (AvgIpc) is 2.16. The van der Waals surface area contributed by atoms with Gasteiger partial charge >= 0.3 is 0 Å². The fourth-order valence-corrected chi connectivity index (χ4v) is 1.31. The molecule has 0 aromatic heterocycles. The maximum absolute atomic E-state index is 10.5. The smallest absolute Gasteiger partial charge is 0.290 e. The number of hydrogen-bond donors (Lipinski definition) is 1. The molecule has 1 rings (SSSR count). The number of nitro benzene ring substituents is 1. The molecule has 5 nitrogen and oxygen atoms in total. The normalized spacial score (nSPS) is 9.21. The predicted octanol–water partition coefficient (Wildman–Crippen LogP) is 1.76. The number of ether oxygens (including phenoxy) is 1. The molecule has 1 aromatic rings. The van der Waals surface area contributed by atoms with Crippen LogP contribution < -0.4 is 4.74 Å². The van der Waals surface area contributed by atoms with Crippen molar-refractivity contribution in [2.75, 3.05) is 7.11 Å². The van der Waals surface area contributed by atoms with Gasteiger partial charge in [-0.05, 0) is 6.07 Å². The van der Waals surface area contributed by atoms with Crippen molar-refractivity contribution in [1.82, 2.24) is 0 Å². The lowest BCUT2D eigenvalue weighted by atomic mass is 10.2. The van der Waals surface area contributed by atoms with Crippen LogP contribution in [0.15, 0.2) is 17.0 Å². The van der Waals surface area contributed by atoms with Gasteiger partial charge in [0.15, 0.2) is 11.3 Å². The number of nitriles is 1. The summed E-state index contributed by atoms with van der Waals surface area (Å²) in [5.41, 5.74) is -0.382. The second-order valence-electron chi connectivity index (χ2n) is 2.38. The Balaban J connectivity index is 3.50. The first-order valence-electron chi connectivity index (χ1n) is 3.56. The number of methoxy groups -OCH3 is 1. The van der Waals surface area contributed by atoms with Crippen molar-refractivity contribution in [1.29, 1.82) is 5.26 Å². The Hall–Kier alpha value is -1.74. The Bertz CT molecular complexity index is 425. The van der Waals surface area contributed by atoms with Gasteiger partial charge in [-0.15, -0.1) is 12.6 Å². The highest BCUT2D eigenvalue weighted by atomic mass is 32.1. The van der Waals surface area contributed by atoms with Gasteiger partial charge < -0.3 is 4.74 Å². The standard InChI is InChI=1S/C8H6N2O3S/c1-13-8-5(4-9)6(10(11)12)2-3-7(8)14/h2-3,14H,1H3. The van der Waals surface area contributed by atoms with Gasteiger partial charge in [-0.3, -0.25) is 10.1 Å². The molecule has 0 heterocycles. The molecule has 0 amide bonds. The summed E-state index contributed by atoms with van der Waals surface area (Å²) in [6, 6.07) is 4.36. The predicted molar refractivity (Wildman–Crippen MR) is 51.6 cm³/mol. The van der Waals surface area contributed by atoms with Gasteiger partial charge in [-0.2, -0.15) is 5.26 Å². The third-order valence-corrected chi connectivity index (χ3v) is 1.98. The molecule has 0 saturated carbocycles. The van der Waals surface area contributed by atoms with Crippen LogP contribution in [-0.2, 0) is 0 Å². The summed E-state index contributed by atoms with van der Waals surface area (Å²) in [6.07, 6.45) is 0. The lowest BCUT2D eigenvalue weighted by Crippen LogP contribution is -1.96. The minimum Gasteiger partial charge on any atom is -0.494 e. The Morgan fingerprint density at radius 2 is 2.29 bits per heavy atom. The van der Waals surface area contributed by atoms with Crippen LogP contribution >= 0.6 is 12.6 Å². The summed E-state index contributed by atoms with van der Waals surface area (Å²) in [4.78, 5) is 10.3. The van der Waals surface area contributed by atoms with E-state index in [9.17, 15) is 10.1 Å². The summed E-state index contributed by atoms with van der Waals surface area (Å²) in [5.74, 6) is 0.130. The molecule has 0 unspecified atom stereocenters. The largest absolute Gasteiger partial charge is 0.494 e. The highest BCUT2D eigenvalue weighted by Crippen LogP contribution is 2.33. The van der Waals surface area contributed by atoms with Crippen molar-refractivity contribution in [3.05, 3.63) is 27.8 Å². The van der Waals surface area contributed by atoms with Crippen LogP contribution in [-0.4, -0.2) is 12.0 Å². The quantitative estimate of drug-likeness (QED) is 0.458. The van der Waals surface area contributed by atoms with Gasteiger partial charge in [-0.25, -0.2) is 0 Å². The van der Waals surface area contributed by atoms with Gasteiger partial charge in [0.05, 0.1) is 12.0 Å². The zero-order chi connectivity index (χ0) is 10.7. The van der Waals surface area contributed by atoms with E-state index in [4.69, 9.17) is 10.00 Å². The van der Waals surface area contributed by atoms with Crippen LogP contribution in [0.3, 0.4) is 0 Å². The first kappa shape index (κ1) is 10.3. The second-order valence-corrected chi connectivity index (χ2v) is 2.86. The molecule has 0 aliphatic carbocycles. The molecule has 1 aromatic carbocycles. The molecular formula is C8H6N2O3S. The summed E-state index contributed by atoms with van der Waals surface area (Å²) < 4.78 is 4.85. The SMILES string of the molecule is COc1c(S)ccc([N+](=O)[O-])c1C#N. The number of thiol groups is 1. The first-order chi connectivity index (χ1) is 6.61. The van der Waals surface area contributed by atoms with E-state index >= 15 is 0 Å². The highest BCUT2D eigenvalue weighted by Gasteiger charge is 2.20. The Labute approximate surface area is 85.5 Å². The van der Waals surface area contributed by atoms with E-state index in [1.54, 1.807) is 6.07 Å². The first-order valence-corrected chi connectivity index (χ1v) is 4.01. The van der Waals surface area contributed by atoms with Crippen molar-refractivity contribution in [2.45, 2.75) is 4.90 Å². The molecule has 0 spiro atoms. The van der Waals surface area contributed by atoms with Crippen molar-refractivity contribution < 1.29 is 9.66 Å². The number of benzene rings is 1. The fraction of sp³-hybridized carbons (Fsp3) is 0.125. The maximum atomic E-state index is 10.5. The van der Waals surface area contributed by atoms with Crippen LogP contribution in [0.1, 0.15) is 5.56 Å². The fourth-order valence-electron chi connectivity index (χ4n) is 1.03. The third-order valence-electron chi connectivity index (χ3n) is 1.63. The zero-order valence-electron chi connectivity index (χ0n) is 7.22. The Morgan fingerprint density at radius 1 is 1.64 bits per heavy atom. The van der Waals surface area contributed by atoms with Gasteiger partial charge in [0.1, 0.15) is 6.07 Å². The van der Waals surface area contributed by atoms with Crippen molar-refractivity contribution >= 4 is 18.3 Å². The van der Waals surface area contributed by atoms with Crippen molar-refractivity contribution in [3.8, 4) is 11.8 Å². The molecule has 0 bridgehead atoms. The highest BCUT2D eigenvalue weighted by molar-refractivity contribution is 7.80. The Kier molecular flexibility index (Phi) is 2.94. The molecule has 0 atom stereocenters. The third kappa shape index (κ3) is 1.63. The molecular weight excluding hydrogens is 204 g/mol. The van der Waals surface area contributed by atoms with E-state index in [-0.39, 0.29) is 17.0 Å². The van der Waals surface area contributed by atoms with E-state index in [0.717, 1.165) is 0 Å². The summed E-state index contributed by atoms with van der Waals surface area (Å²) >= 11 is 4.02. The van der Waals surface area contributed by atoms with Crippen LogP contribution in [0.5, 0.6) is 5.75 Å². The summed E-state index contributed by atoms with van der Waals surface area (Å²) in [7, 11) is 1.33. The van der Waals surface area contributed by atoms with Gasteiger partial charge in [-0.1, -0.05) is 0 Å². The lowest BCUT2D eigenvalue weighted by Gasteiger charge is -2.05. The topological polar surface area (TPSA) is 76.2 Å². The minimum atomic E-state index is -0.631. The monoisotopic (exact) mass is 210 g/mol. The molecule has 0 saturated heterocycles. The number of hydrogen-bond acceptors (Lipinski definition) is 5. The van der Waals surface area contributed by atoms with Crippen LogP contribution in [0.4, 0.5) is 5.69 Å². The second kappa shape index (κ2) is 3.98. The van der Waals surface area contributed by atoms with E-state index in [2.05, 4.69) is 12.6 Å².